The highest BCUT2D eigenvalue weighted by molar-refractivity contribution is 6.30. The van der Waals surface area contributed by atoms with Crippen LogP contribution in [-0.4, -0.2) is 12.5 Å². The first kappa shape index (κ1) is 11.3. The van der Waals surface area contributed by atoms with Gasteiger partial charge in [-0.1, -0.05) is 23.7 Å². The van der Waals surface area contributed by atoms with Crippen molar-refractivity contribution in [2.24, 2.45) is 10.7 Å². The molecule has 1 rings (SSSR count). The standard InChI is InChI=1S/C10H11ClN4/c11-9-3-1-8(2-4-9)5-6-14-10(13)15-7-12/h1-4H,5-6H2,(H3,13,14,15). The first-order chi connectivity index (χ1) is 7.22. The van der Waals surface area contributed by atoms with Gasteiger partial charge in [-0.2, -0.15) is 5.26 Å². The van der Waals surface area contributed by atoms with Crippen molar-refractivity contribution < 1.29 is 0 Å². The highest BCUT2D eigenvalue weighted by Gasteiger charge is 1.93. The van der Waals surface area contributed by atoms with E-state index in [0.717, 1.165) is 12.0 Å². The number of nitriles is 1. The third kappa shape index (κ3) is 4.34. The number of guanidine groups is 1. The lowest BCUT2D eigenvalue weighted by Gasteiger charge is -1.99. The zero-order valence-electron chi connectivity index (χ0n) is 8.07. The molecule has 0 aliphatic carbocycles. The van der Waals surface area contributed by atoms with Crippen LogP contribution in [0.25, 0.3) is 0 Å². The number of benzene rings is 1. The van der Waals surface area contributed by atoms with Crippen LogP contribution in [0.1, 0.15) is 5.56 Å². The van der Waals surface area contributed by atoms with E-state index in [0.29, 0.717) is 11.6 Å². The molecule has 0 spiro atoms. The molecule has 78 valence electrons. The van der Waals surface area contributed by atoms with Gasteiger partial charge >= 0.3 is 0 Å². The molecular formula is C10H11ClN4. The summed E-state index contributed by atoms with van der Waals surface area (Å²) in [5.41, 5.74) is 6.50. The summed E-state index contributed by atoms with van der Waals surface area (Å²) in [7, 11) is 0. The Hall–Kier alpha value is -1.73. The fraction of sp³-hybridized carbons (Fsp3) is 0.200. The second-order valence-electron chi connectivity index (χ2n) is 2.88. The monoisotopic (exact) mass is 222 g/mol. The largest absolute Gasteiger partial charge is 0.369 e. The second-order valence-corrected chi connectivity index (χ2v) is 3.32. The molecular weight excluding hydrogens is 212 g/mol. The molecule has 0 fully saturated rings. The van der Waals surface area contributed by atoms with Crippen molar-refractivity contribution in [3.05, 3.63) is 34.9 Å². The maximum absolute atomic E-state index is 8.25. The topological polar surface area (TPSA) is 74.2 Å². The number of rotatable bonds is 3. The molecule has 5 heteroatoms. The summed E-state index contributed by atoms with van der Waals surface area (Å²) >= 11 is 5.74. The second kappa shape index (κ2) is 5.89. The lowest BCUT2D eigenvalue weighted by molar-refractivity contribution is 0.953. The van der Waals surface area contributed by atoms with Gasteiger partial charge in [0.2, 0.25) is 5.96 Å². The number of hydrogen-bond acceptors (Lipinski definition) is 2. The van der Waals surface area contributed by atoms with Crippen LogP contribution in [0.4, 0.5) is 0 Å². The predicted octanol–water partition coefficient (Wildman–Crippen LogP) is 1.27. The molecule has 15 heavy (non-hydrogen) atoms. The van der Waals surface area contributed by atoms with Crippen molar-refractivity contribution in [3.63, 3.8) is 0 Å². The van der Waals surface area contributed by atoms with Gasteiger partial charge in [-0.05, 0) is 24.1 Å². The molecule has 1 aromatic rings. The van der Waals surface area contributed by atoms with E-state index in [4.69, 9.17) is 22.6 Å². The van der Waals surface area contributed by atoms with Crippen LogP contribution < -0.4 is 11.1 Å². The number of nitrogens with zero attached hydrogens (tertiary/aromatic N) is 2. The van der Waals surface area contributed by atoms with Crippen molar-refractivity contribution in [2.45, 2.75) is 6.42 Å². The lowest BCUT2D eigenvalue weighted by atomic mass is 10.1. The first-order valence-electron chi connectivity index (χ1n) is 4.42. The Labute approximate surface area is 93.4 Å². The smallest absolute Gasteiger partial charge is 0.202 e. The average Bonchev–Trinajstić information content (AvgIpc) is 2.21. The number of nitrogens with one attached hydrogen (secondary N) is 1. The van der Waals surface area contributed by atoms with Gasteiger partial charge in [0, 0.05) is 11.6 Å². The Balaban J connectivity index is 2.41. The van der Waals surface area contributed by atoms with Gasteiger partial charge in [-0.3, -0.25) is 10.3 Å². The molecule has 0 aromatic heterocycles. The molecule has 0 saturated heterocycles. The summed E-state index contributed by atoms with van der Waals surface area (Å²) in [5.74, 6) is 0.145. The van der Waals surface area contributed by atoms with Crippen LogP contribution in [0.15, 0.2) is 29.3 Å². The van der Waals surface area contributed by atoms with Crippen molar-refractivity contribution in [3.8, 4) is 6.19 Å². The lowest BCUT2D eigenvalue weighted by Crippen LogP contribution is -2.27. The molecule has 3 N–H and O–H groups in total. The minimum atomic E-state index is 0.145. The van der Waals surface area contributed by atoms with Crippen LogP contribution >= 0.6 is 11.6 Å². The number of aliphatic imine (C=N–C) groups is 1. The zero-order chi connectivity index (χ0) is 11.1. The molecule has 0 radical (unpaired) electrons. The van der Waals surface area contributed by atoms with Crippen LogP contribution in [0, 0.1) is 11.5 Å². The third-order valence-electron chi connectivity index (χ3n) is 1.78. The maximum Gasteiger partial charge on any atom is 0.202 e. The van der Waals surface area contributed by atoms with Crippen LogP contribution in [0.3, 0.4) is 0 Å². The van der Waals surface area contributed by atoms with Gasteiger partial charge < -0.3 is 5.73 Å². The SMILES string of the molecule is N#CNC(N)=NCCc1ccc(Cl)cc1. The van der Waals surface area contributed by atoms with Gasteiger partial charge in [0.15, 0.2) is 6.19 Å². The average molecular weight is 223 g/mol. The molecule has 0 unspecified atom stereocenters. The molecule has 0 heterocycles. The Morgan fingerprint density at radius 3 is 2.73 bits per heavy atom. The summed E-state index contributed by atoms with van der Waals surface area (Å²) in [6, 6.07) is 7.53. The quantitative estimate of drug-likeness (QED) is 0.350. The first-order valence-corrected chi connectivity index (χ1v) is 4.79. The van der Waals surface area contributed by atoms with Gasteiger partial charge in [0.05, 0.1) is 0 Å². The number of hydrogen-bond donors (Lipinski definition) is 2. The summed E-state index contributed by atoms with van der Waals surface area (Å²) in [6.07, 6.45) is 2.47. The molecule has 0 aliphatic rings. The zero-order valence-corrected chi connectivity index (χ0v) is 8.83. The Kier molecular flexibility index (Phi) is 4.45. The predicted molar refractivity (Wildman–Crippen MR) is 60.4 cm³/mol. The van der Waals surface area contributed by atoms with E-state index >= 15 is 0 Å². The fourth-order valence-electron chi connectivity index (χ4n) is 1.05. The number of halogens is 1. The van der Waals surface area contributed by atoms with E-state index in [1.165, 1.54) is 0 Å². The summed E-state index contributed by atoms with van der Waals surface area (Å²) in [4.78, 5) is 3.96. The van der Waals surface area contributed by atoms with Crippen LogP contribution in [-0.2, 0) is 6.42 Å². The minimum absolute atomic E-state index is 0.145. The Morgan fingerprint density at radius 1 is 1.47 bits per heavy atom. The normalized spacial score (nSPS) is 10.8. The van der Waals surface area contributed by atoms with Crippen molar-refractivity contribution in [2.75, 3.05) is 6.54 Å². The summed E-state index contributed by atoms with van der Waals surface area (Å²) in [6.45, 7) is 0.544. The van der Waals surface area contributed by atoms with Crippen LogP contribution in [0.5, 0.6) is 0 Å². The molecule has 0 amide bonds. The number of nitrogens with two attached hydrogens (primary N) is 1. The fourth-order valence-corrected chi connectivity index (χ4v) is 1.18. The highest BCUT2D eigenvalue weighted by Crippen LogP contribution is 2.09. The van der Waals surface area contributed by atoms with E-state index in [2.05, 4.69) is 10.3 Å². The van der Waals surface area contributed by atoms with Crippen LogP contribution in [0.2, 0.25) is 5.02 Å². The molecule has 1 aromatic carbocycles. The molecule has 4 nitrogen and oxygen atoms in total. The third-order valence-corrected chi connectivity index (χ3v) is 2.03. The van der Waals surface area contributed by atoms with E-state index in [-0.39, 0.29) is 5.96 Å². The van der Waals surface area contributed by atoms with E-state index < -0.39 is 0 Å². The Bertz CT molecular complexity index is 377. The maximum atomic E-state index is 8.25. The van der Waals surface area contributed by atoms with Gasteiger partial charge in [-0.25, -0.2) is 0 Å². The molecule has 0 bridgehead atoms. The minimum Gasteiger partial charge on any atom is -0.369 e. The van der Waals surface area contributed by atoms with E-state index in [1.54, 1.807) is 6.19 Å². The molecule has 0 aliphatic heterocycles. The summed E-state index contributed by atoms with van der Waals surface area (Å²) in [5, 5.41) is 11.2. The Morgan fingerprint density at radius 2 is 2.13 bits per heavy atom. The van der Waals surface area contributed by atoms with Gasteiger partial charge in [-0.15, -0.1) is 0 Å². The van der Waals surface area contributed by atoms with Crippen molar-refractivity contribution >= 4 is 17.6 Å². The van der Waals surface area contributed by atoms with Gasteiger partial charge in [0.25, 0.3) is 0 Å². The van der Waals surface area contributed by atoms with E-state index in [1.807, 2.05) is 24.3 Å². The van der Waals surface area contributed by atoms with E-state index in [9.17, 15) is 0 Å². The molecule has 0 atom stereocenters. The summed E-state index contributed by atoms with van der Waals surface area (Å²) < 4.78 is 0. The van der Waals surface area contributed by atoms with Crippen molar-refractivity contribution in [1.29, 1.82) is 5.26 Å². The molecule has 0 saturated carbocycles. The van der Waals surface area contributed by atoms with Gasteiger partial charge in [0.1, 0.15) is 0 Å². The van der Waals surface area contributed by atoms with Crippen molar-refractivity contribution in [1.82, 2.24) is 5.32 Å². The highest BCUT2D eigenvalue weighted by atomic mass is 35.5.